The molecule has 2 unspecified atom stereocenters. The van der Waals surface area contributed by atoms with Gasteiger partial charge < -0.3 is 9.73 Å². The Morgan fingerprint density at radius 1 is 1.38 bits per heavy atom. The highest BCUT2D eigenvalue weighted by Gasteiger charge is 2.41. The average Bonchev–Trinajstić information content (AvgIpc) is 3.00. The van der Waals surface area contributed by atoms with Gasteiger partial charge in [0.2, 0.25) is 0 Å². The van der Waals surface area contributed by atoms with Crippen LogP contribution < -0.4 is 5.32 Å². The maximum Gasteiger partial charge on any atom is 0.137 e. The molecule has 3 rings (SSSR count). The van der Waals surface area contributed by atoms with E-state index in [2.05, 4.69) is 57.3 Å². The summed E-state index contributed by atoms with van der Waals surface area (Å²) in [7, 11) is 0. The third-order valence-corrected chi connectivity index (χ3v) is 5.23. The lowest BCUT2D eigenvalue weighted by molar-refractivity contribution is 0.184. The minimum Gasteiger partial charge on any atom is -0.459 e. The van der Waals surface area contributed by atoms with Crippen LogP contribution in [-0.4, -0.2) is 6.54 Å². The van der Waals surface area contributed by atoms with Crippen molar-refractivity contribution < 1.29 is 4.42 Å². The van der Waals surface area contributed by atoms with Crippen molar-refractivity contribution in [3.05, 3.63) is 35.6 Å². The van der Waals surface area contributed by atoms with Crippen LogP contribution in [0.3, 0.4) is 0 Å². The molecule has 0 aliphatic heterocycles. The highest BCUT2D eigenvalue weighted by Crippen LogP contribution is 2.49. The fourth-order valence-corrected chi connectivity index (χ4v) is 4.01. The van der Waals surface area contributed by atoms with Gasteiger partial charge in [0.1, 0.15) is 11.3 Å². The second-order valence-corrected chi connectivity index (χ2v) is 7.16. The van der Waals surface area contributed by atoms with Crippen molar-refractivity contribution in [2.45, 2.75) is 53.0 Å². The second kappa shape index (κ2) is 5.49. The smallest absolute Gasteiger partial charge is 0.137 e. The van der Waals surface area contributed by atoms with E-state index >= 15 is 0 Å². The van der Waals surface area contributed by atoms with Crippen molar-refractivity contribution in [3.8, 4) is 0 Å². The summed E-state index contributed by atoms with van der Waals surface area (Å²) in [4.78, 5) is 0. The van der Waals surface area contributed by atoms with Gasteiger partial charge in [-0.25, -0.2) is 0 Å². The molecule has 0 bridgehead atoms. The van der Waals surface area contributed by atoms with Crippen LogP contribution in [0.15, 0.2) is 28.7 Å². The Morgan fingerprint density at radius 3 is 2.81 bits per heavy atom. The average molecular weight is 285 g/mol. The zero-order valence-electron chi connectivity index (χ0n) is 13.7. The molecule has 1 fully saturated rings. The Balaban J connectivity index is 2.01. The van der Waals surface area contributed by atoms with Crippen molar-refractivity contribution in [1.82, 2.24) is 5.32 Å². The van der Waals surface area contributed by atoms with Gasteiger partial charge in [-0.3, -0.25) is 0 Å². The minimum atomic E-state index is 0.333. The van der Waals surface area contributed by atoms with Crippen LogP contribution in [0.1, 0.15) is 57.4 Å². The predicted molar refractivity (Wildman–Crippen MR) is 88.5 cm³/mol. The first kappa shape index (κ1) is 14.6. The molecule has 114 valence electrons. The number of furan rings is 1. The third-order valence-electron chi connectivity index (χ3n) is 5.23. The summed E-state index contributed by atoms with van der Waals surface area (Å²) < 4.78 is 6.26. The summed E-state index contributed by atoms with van der Waals surface area (Å²) in [6.07, 6.45) is 3.94. The highest BCUT2D eigenvalue weighted by atomic mass is 16.3. The Morgan fingerprint density at radius 2 is 2.19 bits per heavy atom. The Labute approximate surface area is 127 Å². The van der Waals surface area contributed by atoms with Crippen LogP contribution in [-0.2, 0) is 0 Å². The lowest BCUT2D eigenvalue weighted by Crippen LogP contribution is -2.33. The summed E-state index contributed by atoms with van der Waals surface area (Å²) >= 11 is 0. The van der Waals surface area contributed by atoms with Gasteiger partial charge in [-0.2, -0.15) is 0 Å². The Hall–Kier alpha value is -1.28. The quantitative estimate of drug-likeness (QED) is 0.833. The summed E-state index contributed by atoms with van der Waals surface area (Å²) in [5.74, 6) is 1.76. The molecule has 21 heavy (non-hydrogen) atoms. The van der Waals surface area contributed by atoms with E-state index in [9.17, 15) is 0 Å². The van der Waals surface area contributed by atoms with Crippen LogP contribution in [0.2, 0.25) is 0 Å². The van der Waals surface area contributed by atoms with E-state index in [1.807, 2.05) is 0 Å². The molecule has 1 aliphatic carbocycles. The fraction of sp³-hybridized carbons (Fsp3) is 0.579. The number of hydrogen-bond acceptors (Lipinski definition) is 2. The Bertz CT molecular complexity index is 626. The van der Waals surface area contributed by atoms with E-state index in [0.717, 1.165) is 17.9 Å². The molecule has 1 aliphatic rings. The number of para-hydroxylation sites is 1. The van der Waals surface area contributed by atoms with Crippen LogP contribution in [0, 0.1) is 18.3 Å². The summed E-state index contributed by atoms with van der Waals surface area (Å²) in [6, 6.07) is 8.96. The molecule has 1 saturated carbocycles. The highest BCUT2D eigenvalue weighted by molar-refractivity contribution is 5.81. The second-order valence-electron chi connectivity index (χ2n) is 7.16. The van der Waals surface area contributed by atoms with Gasteiger partial charge in [-0.15, -0.1) is 0 Å². The lowest BCUT2D eigenvalue weighted by atomic mass is 9.76. The number of aryl methyl sites for hydroxylation is 1. The predicted octanol–water partition coefficient (Wildman–Crippen LogP) is 5.22. The monoisotopic (exact) mass is 285 g/mol. The molecule has 2 atom stereocenters. The van der Waals surface area contributed by atoms with Gasteiger partial charge in [0.15, 0.2) is 0 Å². The van der Waals surface area contributed by atoms with E-state index in [1.54, 1.807) is 0 Å². The number of benzene rings is 1. The van der Waals surface area contributed by atoms with E-state index in [0.29, 0.717) is 17.4 Å². The number of rotatable bonds is 4. The van der Waals surface area contributed by atoms with Crippen LogP contribution in [0.5, 0.6) is 0 Å². The largest absolute Gasteiger partial charge is 0.459 e. The molecule has 2 aromatic rings. The summed E-state index contributed by atoms with van der Waals surface area (Å²) in [5, 5.41) is 4.91. The topological polar surface area (TPSA) is 25.2 Å². The number of nitrogens with one attached hydrogen (secondary N) is 1. The molecule has 1 heterocycles. The molecule has 1 N–H and O–H groups in total. The molecule has 1 aromatic heterocycles. The molecule has 0 spiro atoms. The van der Waals surface area contributed by atoms with Crippen LogP contribution >= 0.6 is 0 Å². The molecular weight excluding hydrogens is 258 g/mol. The van der Waals surface area contributed by atoms with E-state index in [1.165, 1.54) is 30.2 Å². The van der Waals surface area contributed by atoms with Crippen LogP contribution in [0.25, 0.3) is 11.0 Å². The number of fused-ring (bicyclic) bond motifs is 1. The Kier molecular flexibility index (Phi) is 3.83. The maximum atomic E-state index is 6.26. The fourth-order valence-electron chi connectivity index (χ4n) is 4.01. The SMILES string of the molecule is CCNC(c1cc2cccc(C)c2o1)C1CCCC1(C)C. The minimum absolute atomic E-state index is 0.333. The maximum absolute atomic E-state index is 6.26. The van der Waals surface area contributed by atoms with Gasteiger partial charge in [-0.05, 0) is 49.3 Å². The van der Waals surface area contributed by atoms with Gasteiger partial charge in [0, 0.05) is 5.39 Å². The molecule has 1 aromatic carbocycles. The van der Waals surface area contributed by atoms with Crippen molar-refractivity contribution in [2.75, 3.05) is 6.54 Å². The van der Waals surface area contributed by atoms with E-state index < -0.39 is 0 Å². The van der Waals surface area contributed by atoms with Gasteiger partial charge in [0.05, 0.1) is 6.04 Å². The van der Waals surface area contributed by atoms with Gasteiger partial charge in [-0.1, -0.05) is 45.4 Å². The normalized spacial score (nSPS) is 22.8. The van der Waals surface area contributed by atoms with Crippen molar-refractivity contribution >= 4 is 11.0 Å². The molecule has 2 nitrogen and oxygen atoms in total. The van der Waals surface area contributed by atoms with Gasteiger partial charge in [0.25, 0.3) is 0 Å². The zero-order valence-corrected chi connectivity index (χ0v) is 13.7. The van der Waals surface area contributed by atoms with Crippen molar-refractivity contribution in [1.29, 1.82) is 0 Å². The molecule has 2 heteroatoms. The first-order chi connectivity index (χ1) is 10.0. The lowest BCUT2D eigenvalue weighted by Gasteiger charge is -2.33. The molecule has 0 amide bonds. The molecule has 0 saturated heterocycles. The van der Waals surface area contributed by atoms with Gasteiger partial charge >= 0.3 is 0 Å². The third kappa shape index (κ3) is 2.62. The molecule has 0 radical (unpaired) electrons. The first-order valence-corrected chi connectivity index (χ1v) is 8.25. The van der Waals surface area contributed by atoms with E-state index in [4.69, 9.17) is 4.42 Å². The van der Waals surface area contributed by atoms with E-state index in [-0.39, 0.29) is 0 Å². The first-order valence-electron chi connectivity index (χ1n) is 8.25. The molecular formula is C19H27NO. The summed E-state index contributed by atoms with van der Waals surface area (Å²) in [5.41, 5.74) is 2.66. The van der Waals surface area contributed by atoms with Crippen molar-refractivity contribution in [2.24, 2.45) is 11.3 Å². The zero-order chi connectivity index (χ0) is 15.0. The van der Waals surface area contributed by atoms with Crippen molar-refractivity contribution in [3.63, 3.8) is 0 Å². The van der Waals surface area contributed by atoms with Crippen LogP contribution in [0.4, 0.5) is 0 Å². The summed E-state index contributed by atoms with van der Waals surface area (Å²) in [6.45, 7) is 10.1. The standard InChI is InChI=1S/C19H27NO/c1-5-20-17(15-10-7-11-19(15,3)4)16-12-14-9-6-8-13(2)18(14)21-16/h6,8-9,12,15,17,20H,5,7,10-11H2,1-4H3. The number of hydrogen-bond donors (Lipinski definition) is 1.